The van der Waals surface area contributed by atoms with E-state index in [2.05, 4.69) is 18.1 Å². The molecule has 2 unspecified atom stereocenters. The molecule has 1 spiro atoms. The third-order valence-electron chi connectivity index (χ3n) is 8.61. The van der Waals surface area contributed by atoms with Gasteiger partial charge in [-0.25, -0.2) is 0 Å². The Morgan fingerprint density at radius 1 is 1.28 bits per heavy atom. The molecule has 4 saturated heterocycles. The molecule has 4 rings (SSSR count). The molecule has 0 aromatic rings. The zero-order valence-corrected chi connectivity index (χ0v) is 24.3. The number of thioether (sulfide) groups is 1. The van der Waals surface area contributed by atoms with Gasteiger partial charge in [0.2, 0.25) is 11.8 Å². The molecule has 0 saturated carbocycles. The van der Waals surface area contributed by atoms with Crippen LogP contribution >= 0.6 is 11.8 Å². The van der Waals surface area contributed by atoms with Crippen molar-refractivity contribution >= 4 is 29.5 Å². The Balaban J connectivity index is 1.66. The van der Waals surface area contributed by atoms with Crippen LogP contribution < -0.4 is 0 Å². The Bertz CT molecular complexity index is 925. The lowest BCUT2D eigenvalue weighted by molar-refractivity contribution is -0.154. The smallest absolute Gasteiger partial charge is 0.310 e. The number of carbonyl (C=O) groups is 3. The van der Waals surface area contributed by atoms with Crippen LogP contribution in [0.15, 0.2) is 25.3 Å². The molecule has 10 heteroatoms. The van der Waals surface area contributed by atoms with Crippen molar-refractivity contribution in [3.8, 4) is 0 Å². The van der Waals surface area contributed by atoms with Gasteiger partial charge < -0.3 is 24.4 Å². The molecule has 4 aliphatic heterocycles. The van der Waals surface area contributed by atoms with Crippen LogP contribution in [-0.4, -0.2) is 119 Å². The van der Waals surface area contributed by atoms with Gasteiger partial charge in [0.05, 0.1) is 49.1 Å². The summed E-state index contributed by atoms with van der Waals surface area (Å²) < 4.78 is 10.3. The number of hydrogen-bond acceptors (Lipinski definition) is 8. The number of amides is 2. The van der Waals surface area contributed by atoms with Crippen LogP contribution in [0.1, 0.15) is 39.5 Å². The normalized spacial score (nSPS) is 30.9. The molecule has 4 heterocycles. The van der Waals surface area contributed by atoms with E-state index in [0.717, 1.165) is 19.5 Å². The summed E-state index contributed by atoms with van der Waals surface area (Å²) in [5, 5.41) is 10.4. The number of rotatable bonds is 14. The van der Waals surface area contributed by atoms with Gasteiger partial charge in [0.15, 0.2) is 0 Å². The maximum absolute atomic E-state index is 14.5. The van der Waals surface area contributed by atoms with Gasteiger partial charge in [-0.15, -0.1) is 24.9 Å². The quantitative estimate of drug-likeness (QED) is 0.195. The lowest BCUT2D eigenvalue weighted by atomic mass is 9.71. The van der Waals surface area contributed by atoms with E-state index in [4.69, 9.17) is 9.47 Å². The summed E-state index contributed by atoms with van der Waals surface area (Å²) >= 11 is 1.63. The molecular weight excluding hydrogens is 518 g/mol. The van der Waals surface area contributed by atoms with E-state index in [-0.39, 0.29) is 42.2 Å². The number of nitrogens with zero attached hydrogens (tertiary/aromatic N) is 3. The van der Waals surface area contributed by atoms with E-state index in [9.17, 15) is 19.5 Å². The molecule has 0 radical (unpaired) electrons. The predicted molar refractivity (Wildman–Crippen MR) is 151 cm³/mol. The van der Waals surface area contributed by atoms with Gasteiger partial charge in [-0.05, 0) is 31.6 Å². The summed E-state index contributed by atoms with van der Waals surface area (Å²) in [6.45, 7) is 16.3. The summed E-state index contributed by atoms with van der Waals surface area (Å²) in [5.74, 6) is -1.66. The van der Waals surface area contributed by atoms with Crippen LogP contribution in [0.25, 0.3) is 0 Å². The van der Waals surface area contributed by atoms with Crippen molar-refractivity contribution in [1.29, 1.82) is 0 Å². The minimum absolute atomic E-state index is 0.0495. The predicted octanol–water partition coefficient (Wildman–Crippen LogP) is 1.95. The zero-order valence-electron chi connectivity index (χ0n) is 23.5. The molecule has 0 aromatic heterocycles. The molecular formula is C29H45N3O6S. The fourth-order valence-electron chi connectivity index (χ4n) is 6.90. The highest BCUT2D eigenvalue weighted by Crippen LogP contribution is 2.67. The topological polar surface area (TPSA) is 99.6 Å². The molecule has 9 nitrogen and oxygen atoms in total. The van der Waals surface area contributed by atoms with Crippen LogP contribution in [0.5, 0.6) is 0 Å². The Labute approximate surface area is 236 Å². The second-order valence-corrected chi connectivity index (χ2v) is 13.1. The highest BCUT2D eigenvalue weighted by molar-refractivity contribution is 8.02. The average Bonchev–Trinajstić information content (AvgIpc) is 3.57. The number of esters is 1. The molecule has 0 aliphatic carbocycles. The largest absolute Gasteiger partial charge is 0.465 e. The number of ether oxygens (including phenoxy) is 2. The second-order valence-electron chi connectivity index (χ2n) is 11.5. The SMILES string of the molecule is C=CCCOC(=O)[C@@H]1[C@@H]2CCC3(S2)C(C(=O)N(CC=C)CCN2CCOCC2)N([C@@H](CO)CC(C)C)C(=O)[C@H]13. The Kier molecular flexibility index (Phi) is 10.2. The Hall–Kier alpha value is -1.88. The minimum Gasteiger partial charge on any atom is -0.465 e. The molecule has 2 amide bonds. The highest BCUT2D eigenvalue weighted by atomic mass is 32.2. The van der Waals surface area contributed by atoms with E-state index < -0.39 is 28.7 Å². The third-order valence-corrected chi connectivity index (χ3v) is 10.6. The van der Waals surface area contributed by atoms with E-state index in [1.54, 1.807) is 33.7 Å². The first-order valence-electron chi connectivity index (χ1n) is 14.4. The van der Waals surface area contributed by atoms with Crippen molar-refractivity contribution in [2.24, 2.45) is 17.8 Å². The first-order chi connectivity index (χ1) is 18.8. The van der Waals surface area contributed by atoms with Gasteiger partial charge in [0.1, 0.15) is 6.04 Å². The Morgan fingerprint density at radius 3 is 2.67 bits per heavy atom. The van der Waals surface area contributed by atoms with Gasteiger partial charge in [-0.3, -0.25) is 19.3 Å². The van der Waals surface area contributed by atoms with Crippen LogP contribution in [0.3, 0.4) is 0 Å². The summed E-state index contributed by atoms with van der Waals surface area (Å²) in [7, 11) is 0. The first-order valence-corrected chi connectivity index (χ1v) is 15.2. The molecule has 1 N–H and O–H groups in total. The highest BCUT2D eigenvalue weighted by Gasteiger charge is 2.74. The van der Waals surface area contributed by atoms with Crippen LogP contribution in [0.4, 0.5) is 0 Å². The lowest BCUT2D eigenvalue weighted by Gasteiger charge is -2.40. The second kappa shape index (κ2) is 13.2. The van der Waals surface area contributed by atoms with Crippen molar-refractivity contribution in [3.63, 3.8) is 0 Å². The molecule has 218 valence electrons. The molecule has 6 atom stereocenters. The zero-order chi connectivity index (χ0) is 28.2. The monoisotopic (exact) mass is 563 g/mol. The maximum atomic E-state index is 14.5. The van der Waals surface area contributed by atoms with Crippen molar-refractivity contribution in [1.82, 2.24) is 14.7 Å². The van der Waals surface area contributed by atoms with Crippen molar-refractivity contribution in [3.05, 3.63) is 25.3 Å². The first kappa shape index (κ1) is 30.1. The van der Waals surface area contributed by atoms with E-state index in [1.807, 2.05) is 13.8 Å². The third kappa shape index (κ3) is 5.94. The number of fused-ring (bicyclic) bond motifs is 1. The van der Waals surface area contributed by atoms with Gasteiger partial charge in [-0.1, -0.05) is 26.0 Å². The molecule has 4 fully saturated rings. The Morgan fingerprint density at radius 2 is 2.03 bits per heavy atom. The summed E-state index contributed by atoms with van der Waals surface area (Å²) in [6.07, 6.45) is 6.00. The lowest BCUT2D eigenvalue weighted by Crippen LogP contribution is -2.58. The van der Waals surface area contributed by atoms with Gasteiger partial charge >= 0.3 is 5.97 Å². The summed E-state index contributed by atoms with van der Waals surface area (Å²) in [4.78, 5) is 47.8. The average molecular weight is 564 g/mol. The van der Waals surface area contributed by atoms with E-state index in [0.29, 0.717) is 52.1 Å². The molecule has 39 heavy (non-hydrogen) atoms. The van der Waals surface area contributed by atoms with Gasteiger partial charge in [0, 0.05) is 38.0 Å². The number of aliphatic hydroxyl groups excluding tert-OH is 1. The van der Waals surface area contributed by atoms with Crippen LogP contribution in [0.2, 0.25) is 0 Å². The number of aliphatic hydroxyl groups is 1. The van der Waals surface area contributed by atoms with Crippen LogP contribution in [0, 0.1) is 17.8 Å². The maximum Gasteiger partial charge on any atom is 0.310 e. The van der Waals surface area contributed by atoms with Crippen molar-refractivity contribution in [2.45, 2.75) is 61.6 Å². The number of morpholine rings is 1. The van der Waals surface area contributed by atoms with Crippen LogP contribution in [-0.2, 0) is 23.9 Å². The molecule has 2 bridgehead atoms. The van der Waals surface area contributed by atoms with Crippen molar-refractivity contribution in [2.75, 3.05) is 59.2 Å². The minimum atomic E-state index is -0.739. The van der Waals surface area contributed by atoms with E-state index >= 15 is 0 Å². The summed E-state index contributed by atoms with van der Waals surface area (Å²) in [6, 6.07) is -1.23. The van der Waals surface area contributed by atoms with Gasteiger partial charge in [-0.2, -0.15) is 0 Å². The van der Waals surface area contributed by atoms with Crippen molar-refractivity contribution < 1.29 is 29.0 Å². The summed E-state index contributed by atoms with van der Waals surface area (Å²) in [5.41, 5.74) is 0. The number of hydrogen-bond donors (Lipinski definition) is 1. The van der Waals surface area contributed by atoms with Gasteiger partial charge in [0.25, 0.3) is 0 Å². The molecule has 4 aliphatic rings. The standard InChI is InChI=1S/C29H45N3O6S/c1-5-7-15-38-28(36)23-22-8-9-29(39-22)24(23)26(34)32(21(19-33)18-20(3)4)25(29)27(35)31(10-6-2)12-11-30-13-16-37-17-14-30/h5-6,20-25,33H,1-2,7-19H2,3-4H3/t21-,22+,23-,24+,25?,29?/m1/s1. The van der Waals surface area contributed by atoms with E-state index in [1.165, 1.54) is 0 Å². The number of carbonyl (C=O) groups excluding carboxylic acids is 3. The fourth-order valence-corrected chi connectivity index (χ4v) is 9.09. The number of likely N-dealkylation sites (tertiary alicyclic amines) is 1. The fraction of sp³-hybridized carbons (Fsp3) is 0.759. The molecule has 0 aromatic carbocycles.